The van der Waals surface area contributed by atoms with Gasteiger partial charge in [0, 0.05) is 11.7 Å². The van der Waals surface area contributed by atoms with E-state index in [-0.39, 0.29) is 34.2 Å². The van der Waals surface area contributed by atoms with Crippen molar-refractivity contribution >= 4 is 33.2 Å². The van der Waals surface area contributed by atoms with Gasteiger partial charge in [0.25, 0.3) is 5.91 Å². The molecule has 0 bridgehead atoms. The lowest BCUT2D eigenvalue weighted by atomic mass is 9.96. The molecule has 168 valence electrons. The minimum Gasteiger partial charge on any atom is -0.482 e. The third-order valence-corrected chi connectivity index (χ3v) is 7.25. The van der Waals surface area contributed by atoms with Crippen molar-refractivity contribution in [3.8, 4) is 5.75 Å². The molecule has 2 aromatic carbocycles. The zero-order valence-electron chi connectivity index (χ0n) is 18.1. The van der Waals surface area contributed by atoms with Crippen LogP contribution in [0.25, 0.3) is 0 Å². The summed E-state index contributed by atoms with van der Waals surface area (Å²) in [7, 11) is -3.65. The van der Waals surface area contributed by atoms with Crippen LogP contribution in [0.1, 0.15) is 48.8 Å². The molecule has 0 aliphatic heterocycles. The molecule has 1 amide bonds. The van der Waals surface area contributed by atoms with E-state index in [0.717, 1.165) is 54.5 Å². The second-order valence-electron chi connectivity index (χ2n) is 8.16. The molecule has 2 aromatic rings. The fourth-order valence-corrected chi connectivity index (χ4v) is 5.60. The van der Waals surface area contributed by atoms with Gasteiger partial charge in [-0.3, -0.25) is 4.79 Å². The molecule has 0 radical (unpaired) electrons. The number of halogens is 1. The van der Waals surface area contributed by atoms with Crippen molar-refractivity contribution in [2.45, 2.75) is 63.8 Å². The Hall–Kier alpha value is -2.09. The van der Waals surface area contributed by atoms with Crippen LogP contribution in [-0.4, -0.2) is 27.0 Å². The van der Waals surface area contributed by atoms with Crippen molar-refractivity contribution < 1.29 is 17.9 Å². The average Bonchev–Trinajstić information content (AvgIpc) is 2.70. The van der Waals surface area contributed by atoms with Crippen LogP contribution in [0.4, 0.5) is 5.69 Å². The molecule has 8 heteroatoms. The highest BCUT2D eigenvalue weighted by Crippen LogP contribution is 2.28. The van der Waals surface area contributed by atoms with Crippen LogP contribution in [0, 0.1) is 20.8 Å². The van der Waals surface area contributed by atoms with Gasteiger partial charge in [-0.05, 0) is 62.9 Å². The van der Waals surface area contributed by atoms with Crippen molar-refractivity contribution in [3.05, 3.63) is 52.0 Å². The van der Waals surface area contributed by atoms with Gasteiger partial charge in [-0.25, -0.2) is 13.1 Å². The van der Waals surface area contributed by atoms with Gasteiger partial charge in [-0.2, -0.15) is 0 Å². The van der Waals surface area contributed by atoms with Gasteiger partial charge in [0.05, 0.1) is 9.92 Å². The van der Waals surface area contributed by atoms with E-state index in [1.165, 1.54) is 18.2 Å². The number of carbonyl (C=O) groups excluding carboxylic acids is 1. The molecular formula is C23H29ClN2O4S. The summed E-state index contributed by atoms with van der Waals surface area (Å²) < 4.78 is 33.6. The molecule has 1 aliphatic carbocycles. The highest BCUT2D eigenvalue weighted by atomic mass is 35.5. The molecule has 3 rings (SSSR count). The SMILES string of the molecule is Cc1cc(C)c(NC(=O)COc2ccc(S(=O)(=O)NC3CCCCC3)cc2Cl)c(C)c1. The first-order chi connectivity index (χ1) is 14.7. The Morgan fingerprint density at radius 1 is 1.06 bits per heavy atom. The van der Waals surface area contributed by atoms with Crippen molar-refractivity contribution in [3.63, 3.8) is 0 Å². The quantitative estimate of drug-likeness (QED) is 0.610. The maximum atomic E-state index is 12.6. The molecule has 0 unspecified atom stereocenters. The second-order valence-corrected chi connectivity index (χ2v) is 10.3. The maximum absolute atomic E-state index is 12.6. The Balaban J connectivity index is 1.62. The molecule has 6 nitrogen and oxygen atoms in total. The average molecular weight is 465 g/mol. The van der Waals surface area contributed by atoms with Crippen molar-refractivity contribution in [2.75, 3.05) is 11.9 Å². The fraction of sp³-hybridized carbons (Fsp3) is 0.435. The first-order valence-corrected chi connectivity index (χ1v) is 12.3. The Morgan fingerprint density at radius 3 is 2.32 bits per heavy atom. The Kier molecular flexibility index (Phi) is 7.62. The van der Waals surface area contributed by atoms with Crippen LogP contribution in [0.5, 0.6) is 5.75 Å². The van der Waals surface area contributed by atoms with Crippen LogP contribution in [0.15, 0.2) is 35.2 Å². The van der Waals surface area contributed by atoms with Crippen LogP contribution < -0.4 is 14.8 Å². The normalized spacial score (nSPS) is 15.0. The molecule has 2 N–H and O–H groups in total. The lowest BCUT2D eigenvalue weighted by molar-refractivity contribution is -0.118. The Morgan fingerprint density at radius 2 is 1.71 bits per heavy atom. The molecule has 0 heterocycles. The number of anilines is 1. The van der Waals surface area contributed by atoms with Gasteiger partial charge in [0.2, 0.25) is 10.0 Å². The third kappa shape index (κ3) is 6.21. The highest BCUT2D eigenvalue weighted by molar-refractivity contribution is 7.89. The molecule has 0 spiro atoms. The van der Waals surface area contributed by atoms with Gasteiger partial charge in [0.15, 0.2) is 6.61 Å². The molecular weight excluding hydrogens is 436 g/mol. The van der Waals surface area contributed by atoms with E-state index in [1.54, 1.807) is 0 Å². The summed E-state index contributed by atoms with van der Waals surface area (Å²) in [5.74, 6) is -0.0624. The maximum Gasteiger partial charge on any atom is 0.262 e. The smallest absolute Gasteiger partial charge is 0.262 e. The first-order valence-electron chi connectivity index (χ1n) is 10.5. The standard InChI is InChI=1S/C23H29ClN2O4S/c1-15-11-16(2)23(17(3)12-15)25-22(27)14-30-21-10-9-19(13-20(21)24)31(28,29)26-18-7-5-4-6-8-18/h9-13,18,26H,4-8,14H2,1-3H3,(H,25,27). The van der Waals surface area contributed by atoms with Crippen molar-refractivity contribution in [2.24, 2.45) is 0 Å². The van der Waals surface area contributed by atoms with Crippen LogP contribution in [0.3, 0.4) is 0 Å². The van der Waals surface area contributed by atoms with Crippen LogP contribution in [-0.2, 0) is 14.8 Å². The number of aryl methyl sites for hydroxylation is 3. The number of amides is 1. The topological polar surface area (TPSA) is 84.5 Å². The summed E-state index contributed by atoms with van der Waals surface area (Å²) in [6, 6.07) is 8.24. The number of ether oxygens (including phenoxy) is 1. The molecule has 0 aromatic heterocycles. The Bertz CT molecular complexity index is 1040. The van der Waals surface area contributed by atoms with E-state index in [2.05, 4.69) is 10.0 Å². The largest absolute Gasteiger partial charge is 0.482 e. The molecule has 1 saturated carbocycles. The Labute approximate surface area is 189 Å². The van der Waals surface area contributed by atoms with E-state index in [0.29, 0.717) is 0 Å². The summed E-state index contributed by atoms with van der Waals surface area (Å²) >= 11 is 6.24. The number of sulfonamides is 1. The third-order valence-electron chi connectivity index (χ3n) is 5.44. The van der Waals surface area contributed by atoms with Crippen molar-refractivity contribution in [1.82, 2.24) is 4.72 Å². The lowest BCUT2D eigenvalue weighted by Gasteiger charge is -2.22. The van der Waals surface area contributed by atoms with E-state index in [9.17, 15) is 13.2 Å². The summed E-state index contributed by atoms with van der Waals surface area (Å²) in [5.41, 5.74) is 3.84. The minimum atomic E-state index is -3.65. The van der Waals surface area contributed by atoms with Crippen LogP contribution in [0.2, 0.25) is 5.02 Å². The molecule has 1 aliphatic rings. The predicted octanol–water partition coefficient (Wildman–Crippen LogP) is 4.89. The fourth-order valence-electron chi connectivity index (χ4n) is 3.97. The van der Waals surface area contributed by atoms with Gasteiger partial charge in [-0.1, -0.05) is 48.6 Å². The molecule has 0 atom stereocenters. The van der Waals surface area contributed by atoms with Gasteiger partial charge < -0.3 is 10.1 Å². The predicted molar refractivity (Wildman–Crippen MR) is 123 cm³/mol. The molecule has 1 fully saturated rings. The monoisotopic (exact) mass is 464 g/mol. The summed E-state index contributed by atoms with van der Waals surface area (Å²) in [6.45, 7) is 5.64. The number of carbonyl (C=O) groups is 1. The van der Waals surface area contributed by atoms with Crippen LogP contribution >= 0.6 is 11.6 Å². The lowest BCUT2D eigenvalue weighted by Crippen LogP contribution is -2.36. The van der Waals surface area contributed by atoms with Crippen molar-refractivity contribution in [1.29, 1.82) is 0 Å². The van der Waals surface area contributed by atoms with Gasteiger partial charge in [0.1, 0.15) is 5.75 Å². The minimum absolute atomic E-state index is 0.0363. The number of hydrogen-bond donors (Lipinski definition) is 2. The summed E-state index contributed by atoms with van der Waals surface area (Å²) in [4.78, 5) is 12.4. The number of benzene rings is 2. The van der Waals surface area contributed by atoms with E-state index < -0.39 is 10.0 Å². The van der Waals surface area contributed by atoms with E-state index >= 15 is 0 Å². The number of hydrogen-bond acceptors (Lipinski definition) is 4. The second kappa shape index (κ2) is 10.0. The summed E-state index contributed by atoms with van der Waals surface area (Å²) in [5, 5.41) is 3.00. The van der Waals surface area contributed by atoms with Gasteiger partial charge in [-0.15, -0.1) is 0 Å². The van der Waals surface area contributed by atoms with E-state index in [4.69, 9.17) is 16.3 Å². The zero-order valence-corrected chi connectivity index (χ0v) is 19.7. The molecule has 31 heavy (non-hydrogen) atoms. The van der Waals surface area contributed by atoms with Gasteiger partial charge >= 0.3 is 0 Å². The summed E-state index contributed by atoms with van der Waals surface area (Å²) in [6.07, 6.45) is 4.91. The first kappa shape index (κ1) is 23.6. The number of nitrogens with one attached hydrogen (secondary N) is 2. The zero-order chi connectivity index (χ0) is 22.6. The highest BCUT2D eigenvalue weighted by Gasteiger charge is 2.23. The van der Waals surface area contributed by atoms with E-state index in [1.807, 2.05) is 32.9 Å². The molecule has 0 saturated heterocycles. The number of rotatable bonds is 7.